The van der Waals surface area contributed by atoms with E-state index in [-0.39, 0.29) is 5.69 Å². The average Bonchev–Trinajstić information content (AvgIpc) is 2.74. The van der Waals surface area contributed by atoms with Gasteiger partial charge in [-0.1, -0.05) is 6.07 Å². The first-order valence-electron chi connectivity index (χ1n) is 6.13. The van der Waals surface area contributed by atoms with Crippen molar-refractivity contribution in [1.82, 2.24) is 4.90 Å². The van der Waals surface area contributed by atoms with Crippen LogP contribution in [0.15, 0.2) is 29.3 Å². The molecule has 1 heterocycles. The van der Waals surface area contributed by atoms with Crippen LogP contribution < -0.4 is 5.32 Å². The number of amides is 2. The average molecular weight is 285 g/mol. The van der Waals surface area contributed by atoms with Gasteiger partial charge in [0.25, 0.3) is 0 Å². The highest BCUT2D eigenvalue weighted by molar-refractivity contribution is 6.00. The van der Waals surface area contributed by atoms with E-state index >= 15 is 0 Å². The summed E-state index contributed by atoms with van der Waals surface area (Å²) in [6, 6.07) is 3.81. The third-order valence-electron chi connectivity index (χ3n) is 3.01. The van der Waals surface area contributed by atoms with Gasteiger partial charge in [0.05, 0.1) is 5.56 Å². The predicted molar refractivity (Wildman–Crippen MR) is 69.8 cm³/mol. The molecule has 1 aliphatic heterocycles. The van der Waals surface area contributed by atoms with Gasteiger partial charge in [-0.2, -0.15) is 18.2 Å². The van der Waals surface area contributed by atoms with E-state index in [1.54, 1.807) is 0 Å². The van der Waals surface area contributed by atoms with Gasteiger partial charge in [-0.25, -0.2) is 4.79 Å². The van der Waals surface area contributed by atoms with Gasteiger partial charge in [0, 0.05) is 25.7 Å². The Morgan fingerprint density at radius 1 is 1.40 bits per heavy atom. The van der Waals surface area contributed by atoms with E-state index in [1.165, 1.54) is 12.1 Å². The molecule has 0 aliphatic carbocycles. The Bertz CT molecular complexity index is 540. The molecule has 1 N–H and O–H groups in total. The summed E-state index contributed by atoms with van der Waals surface area (Å²) in [4.78, 5) is 17.4. The molecule has 0 unspecified atom stereocenters. The zero-order valence-corrected chi connectivity index (χ0v) is 10.9. The lowest BCUT2D eigenvalue weighted by molar-refractivity contribution is -0.137. The van der Waals surface area contributed by atoms with Crippen LogP contribution in [-0.4, -0.2) is 30.4 Å². The van der Waals surface area contributed by atoms with Crippen molar-refractivity contribution in [2.45, 2.75) is 19.0 Å². The van der Waals surface area contributed by atoms with E-state index in [0.717, 1.165) is 25.1 Å². The van der Waals surface area contributed by atoms with Crippen LogP contribution in [0.2, 0.25) is 0 Å². The molecule has 0 saturated carbocycles. The first-order chi connectivity index (χ1) is 9.36. The van der Waals surface area contributed by atoms with Crippen molar-refractivity contribution < 1.29 is 18.0 Å². The predicted octanol–water partition coefficient (Wildman–Crippen LogP) is 3.36. The highest BCUT2D eigenvalue weighted by Crippen LogP contribution is 2.30. The number of urea groups is 1. The number of halogens is 3. The molecule has 7 heteroatoms. The van der Waals surface area contributed by atoms with Crippen molar-refractivity contribution in [1.29, 1.82) is 0 Å². The van der Waals surface area contributed by atoms with Crippen LogP contribution in [0.3, 0.4) is 0 Å². The molecule has 0 aromatic heterocycles. The maximum atomic E-state index is 12.5. The Hall–Kier alpha value is -2.05. The van der Waals surface area contributed by atoms with E-state index in [4.69, 9.17) is 0 Å². The molecule has 20 heavy (non-hydrogen) atoms. The molecule has 2 amide bonds. The largest absolute Gasteiger partial charge is 0.416 e. The minimum atomic E-state index is -4.43. The second-order valence-electron chi connectivity index (χ2n) is 4.56. The van der Waals surface area contributed by atoms with Gasteiger partial charge in [0.1, 0.15) is 5.84 Å². The number of carbonyl (C=O) groups is 1. The second-order valence-corrected chi connectivity index (χ2v) is 4.56. The maximum Gasteiger partial charge on any atom is 0.416 e. The van der Waals surface area contributed by atoms with Crippen LogP contribution in [0.1, 0.15) is 18.4 Å². The zero-order chi connectivity index (χ0) is 14.8. The normalized spacial score (nSPS) is 17.6. The summed E-state index contributed by atoms with van der Waals surface area (Å²) in [7, 11) is 1.82. The number of aliphatic imine (C=N–C) groups is 1. The van der Waals surface area contributed by atoms with E-state index < -0.39 is 17.8 Å². The first-order valence-corrected chi connectivity index (χ1v) is 6.13. The van der Waals surface area contributed by atoms with Gasteiger partial charge in [-0.3, -0.25) is 0 Å². The molecule has 1 aromatic rings. The van der Waals surface area contributed by atoms with Gasteiger partial charge in [-0.05, 0) is 24.6 Å². The van der Waals surface area contributed by atoms with Crippen LogP contribution in [0.25, 0.3) is 0 Å². The topological polar surface area (TPSA) is 44.7 Å². The summed E-state index contributed by atoms with van der Waals surface area (Å²) < 4.78 is 37.6. The lowest BCUT2D eigenvalue weighted by Gasteiger charge is -2.11. The van der Waals surface area contributed by atoms with Gasteiger partial charge >= 0.3 is 12.2 Å². The van der Waals surface area contributed by atoms with Crippen LogP contribution in [0.5, 0.6) is 0 Å². The molecule has 108 valence electrons. The number of amidine groups is 1. The summed E-state index contributed by atoms with van der Waals surface area (Å²) >= 11 is 0. The molecule has 0 spiro atoms. The van der Waals surface area contributed by atoms with Crippen LogP contribution in [0, 0.1) is 0 Å². The van der Waals surface area contributed by atoms with E-state index in [1.807, 2.05) is 11.9 Å². The number of carbonyl (C=O) groups excluding carboxylic acids is 1. The Labute approximate surface area is 114 Å². The molecule has 0 atom stereocenters. The highest BCUT2D eigenvalue weighted by atomic mass is 19.4. The maximum absolute atomic E-state index is 12.5. The fraction of sp³-hybridized carbons (Fsp3) is 0.385. The number of hydrogen-bond donors (Lipinski definition) is 1. The molecule has 1 aliphatic rings. The minimum absolute atomic E-state index is 0.0785. The van der Waals surface area contributed by atoms with Gasteiger partial charge in [-0.15, -0.1) is 0 Å². The number of nitrogens with zero attached hydrogens (tertiary/aromatic N) is 2. The Morgan fingerprint density at radius 3 is 2.75 bits per heavy atom. The SMILES string of the molecule is CN1CCC/C1=N/C(=O)Nc1cccc(C(F)(F)F)c1. The number of alkyl halides is 3. The lowest BCUT2D eigenvalue weighted by atomic mass is 10.2. The number of anilines is 1. The minimum Gasteiger partial charge on any atom is -0.363 e. The fourth-order valence-electron chi connectivity index (χ4n) is 1.98. The number of benzene rings is 1. The summed E-state index contributed by atoms with van der Waals surface area (Å²) in [6.07, 6.45) is -2.81. The van der Waals surface area contributed by atoms with Crippen molar-refractivity contribution >= 4 is 17.6 Å². The third kappa shape index (κ3) is 3.49. The van der Waals surface area contributed by atoms with Crippen molar-refractivity contribution in [3.8, 4) is 0 Å². The monoisotopic (exact) mass is 285 g/mol. The standard InChI is InChI=1S/C13H14F3N3O/c1-19-7-3-6-11(19)18-12(20)17-10-5-2-4-9(8-10)13(14,15)16/h2,4-5,8H,3,6-7H2,1H3,(H,17,20)/b18-11-. The Kier molecular flexibility index (Phi) is 3.96. The van der Waals surface area contributed by atoms with E-state index in [0.29, 0.717) is 12.3 Å². The van der Waals surface area contributed by atoms with Crippen LogP contribution in [0.4, 0.5) is 23.7 Å². The molecule has 0 radical (unpaired) electrons. The number of nitrogens with one attached hydrogen (secondary N) is 1. The van der Waals surface area contributed by atoms with Crippen molar-refractivity contribution in [2.24, 2.45) is 4.99 Å². The molecule has 1 aromatic carbocycles. The highest BCUT2D eigenvalue weighted by Gasteiger charge is 2.30. The number of hydrogen-bond acceptors (Lipinski definition) is 1. The molecular formula is C13H14F3N3O. The van der Waals surface area contributed by atoms with Crippen LogP contribution in [-0.2, 0) is 6.18 Å². The van der Waals surface area contributed by atoms with Gasteiger partial charge < -0.3 is 10.2 Å². The van der Waals surface area contributed by atoms with Crippen molar-refractivity contribution in [3.05, 3.63) is 29.8 Å². The molecule has 1 saturated heterocycles. The summed E-state index contributed by atoms with van der Waals surface area (Å²) in [5, 5.41) is 2.35. The summed E-state index contributed by atoms with van der Waals surface area (Å²) in [5.41, 5.74) is -0.726. The third-order valence-corrected chi connectivity index (χ3v) is 3.01. The Balaban J connectivity index is 2.08. The number of likely N-dealkylation sites (tertiary alicyclic amines) is 1. The first kappa shape index (κ1) is 14.4. The van der Waals surface area contributed by atoms with E-state index in [2.05, 4.69) is 10.3 Å². The molecule has 1 fully saturated rings. The zero-order valence-electron chi connectivity index (χ0n) is 10.9. The quantitative estimate of drug-likeness (QED) is 0.860. The summed E-state index contributed by atoms with van der Waals surface area (Å²) in [5.74, 6) is 0.648. The molecule has 4 nitrogen and oxygen atoms in total. The molecule has 0 bridgehead atoms. The fourth-order valence-corrected chi connectivity index (χ4v) is 1.98. The second kappa shape index (κ2) is 5.52. The van der Waals surface area contributed by atoms with Gasteiger partial charge in [0.2, 0.25) is 0 Å². The molecule has 2 rings (SSSR count). The van der Waals surface area contributed by atoms with Gasteiger partial charge in [0.15, 0.2) is 0 Å². The smallest absolute Gasteiger partial charge is 0.363 e. The van der Waals surface area contributed by atoms with Crippen molar-refractivity contribution in [2.75, 3.05) is 18.9 Å². The summed E-state index contributed by atoms with van der Waals surface area (Å²) in [6.45, 7) is 0.829. The van der Waals surface area contributed by atoms with E-state index in [9.17, 15) is 18.0 Å². The number of rotatable bonds is 1. The van der Waals surface area contributed by atoms with Crippen LogP contribution >= 0.6 is 0 Å². The lowest BCUT2D eigenvalue weighted by Crippen LogP contribution is -2.21. The van der Waals surface area contributed by atoms with Crippen molar-refractivity contribution in [3.63, 3.8) is 0 Å². The molecular weight excluding hydrogens is 271 g/mol. The Morgan fingerprint density at radius 2 is 2.15 bits per heavy atom.